The van der Waals surface area contributed by atoms with Crippen LogP contribution in [0.4, 0.5) is 0 Å². The van der Waals surface area contributed by atoms with Gasteiger partial charge in [-0.15, -0.1) is 0 Å². The summed E-state index contributed by atoms with van der Waals surface area (Å²) in [6.07, 6.45) is 2.43. The summed E-state index contributed by atoms with van der Waals surface area (Å²) in [5, 5.41) is 9.65. The lowest BCUT2D eigenvalue weighted by Gasteiger charge is -2.26. The molecule has 1 fully saturated rings. The van der Waals surface area contributed by atoms with E-state index in [0.29, 0.717) is 0 Å². The first-order chi connectivity index (χ1) is 8.99. The van der Waals surface area contributed by atoms with Crippen molar-refractivity contribution in [3.05, 3.63) is 23.3 Å². The molecule has 0 aliphatic carbocycles. The Bertz CT molecular complexity index is 435. The number of aromatic nitrogens is 2. The Morgan fingerprint density at radius 1 is 1.37 bits per heavy atom. The van der Waals surface area contributed by atoms with Gasteiger partial charge in [0.15, 0.2) is 0 Å². The summed E-state index contributed by atoms with van der Waals surface area (Å²) in [7, 11) is 4.27. The fourth-order valence-electron chi connectivity index (χ4n) is 2.62. The molecule has 0 spiro atoms. The van der Waals surface area contributed by atoms with E-state index in [2.05, 4.69) is 33.9 Å². The van der Waals surface area contributed by atoms with Gasteiger partial charge in [0.1, 0.15) is 5.82 Å². The molecule has 1 aromatic heterocycles. The Labute approximate surface area is 115 Å². The summed E-state index contributed by atoms with van der Waals surface area (Å²) in [4.78, 5) is 13.7. The van der Waals surface area contributed by atoms with Crippen molar-refractivity contribution >= 4 is 0 Å². The van der Waals surface area contributed by atoms with Gasteiger partial charge in [-0.1, -0.05) is 0 Å². The minimum Gasteiger partial charge on any atom is -0.389 e. The normalized spacial score (nSPS) is 24.2. The highest BCUT2D eigenvalue weighted by Crippen LogP contribution is 2.22. The van der Waals surface area contributed by atoms with E-state index in [1.54, 1.807) is 13.1 Å². The third-order valence-electron chi connectivity index (χ3n) is 3.85. The summed E-state index contributed by atoms with van der Waals surface area (Å²) >= 11 is 0. The maximum Gasteiger partial charge on any atom is 0.146 e. The van der Waals surface area contributed by atoms with Crippen LogP contribution >= 0.6 is 0 Å². The molecule has 1 aliphatic rings. The molecule has 1 unspecified atom stereocenters. The van der Waals surface area contributed by atoms with Gasteiger partial charge in [0.2, 0.25) is 0 Å². The van der Waals surface area contributed by atoms with Gasteiger partial charge in [0, 0.05) is 24.0 Å². The molecule has 0 radical (unpaired) electrons. The Balaban J connectivity index is 2.27. The van der Waals surface area contributed by atoms with Gasteiger partial charge < -0.3 is 10.0 Å². The molecule has 0 saturated carbocycles. The molecular weight excluding hydrogens is 240 g/mol. The van der Waals surface area contributed by atoms with Gasteiger partial charge in [-0.05, 0) is 47.5 Å². The molecule has 2 atom stereocenters. The molecule has 5 heteroatoms. The first kappa shape index (κ1) is 14.4. The minimum absolute atomic E-state index is 0.231. The van der Waals surface area contributed by atoms with Crippen LogP contribution in [-0.4, -0.2) is 58.6 Å². The molecular formula is C14H24N4O. The van der Waals surface area contributed by atoms with E-state index in [1.807, 2.05) is 6.92 Å². The number of nitrogens with zero attached hydrogens (tertiary/aromatic N) is 4. The van der Waals surface area contributed by atoms with Crippen LogP contribution in [0.15, 0.2) is 6.20 Å². The highest BCUT2D eigenvalue weighted by molar-refractivity contribution is 5.19. The molecule has 0 aromatic carbocycles. The fraction of sp³-hybridized carbons (Fsp3) is 0.714. The van der Waals surface area contributed by atoms with Crippen LogP contribution in [0.1, 0.15) is 42.6 Å². The third kappa shape index (κ3) is 3.29. The molecule has 1 N–H and O–H groups in total. The van der Waals surface area contributed by atoms with Crippen molar-refractivity contribution in [2.45, 2.75) is 32.4 Å². The van der Waals surface area contributed by atoms with Gasteiger partial charge >= 0.3 is 0 Å². The van der Waals surface area contributed by atoms with Crippen LogP contribution in [0.25, 0.3) is 0 Å². The standard InChI is InChI=1S/C14H24N4O/c1-10-12(11(2)19)8-15-14(16-10)13-9-17(3)6-5-7-18(13)4/h8,11,13,19H,5-7,9H2,1-4H3/t11-,13?/m0/s1. The number of rotatable bonds is 2. The molecule has 2 rings (SSSR count). The number of aryl methyl sites for hydroxylation is 1. The van der Waals surface area contributed by atoms with E-state index in [4.69, 9.17) is 0 Å². The van der Waals surface area contributed by atoms with Crippen molar-refractivity contribution in [2.75, 3.05) is 33.7 Å². The number of aliphatic hydroxyl groups is 1. The lowest BCUT2D eigenvalue weighted by molar-refractivity contribution is 0.195. The third-order valence-corrected chi connectivity index (χ3v) is 3.85. The Morgan fingerprint density at radius 3 is 2.74 bits per heavy atom. The smallest absolute Gasteiger partial charge is 0.146 e. The monoisotopic (exact) mass is 264 g/mol. The molecule has 0 amide bonds. The SMILES string of the molecule is Cc1nc(C2CN(C)CCCN2C)ncc1[C@H](C)O. The first-order valence-corrected chi connectivity index (χ1v) is 6.89. The van der Waals surface area contributed by atoms with Crippen molar-refractivity contribution in [1.29, 1.82) is 0 Å². The molecule has 19 heavy (non-hydrogen) atoms. The molecule has 106 valence electrons. The van der Waals surface area contributed by atoms with Gasteiger partial charge in [-0.25, -0.2) is 9.97 Å². The molecule has 1 saturated heterocycles. The molecule has 2 heterocycles. The van der Waals surface area contributed by atoms with Gasteiger partial charge in [-0.2, -0.15) is 0 Å². The number of hydrogen-bond acceptors (Lipinski definition) is 5. The van der Waals surface area contributed by atoms with E-state index < -0.39 is 6.10 Å². The summed E-state index contributed by atoms with van der Waals surface area (Å²) in [6, 6.07) is 0.231. The number of hydrogen-bond donors (Lipinski definition) is 1. The molecule has 0 bridgehead atoms. The highest BCUT2D eigenvalue weighted by Gasteiger charge is 2.25. The van der Waals surface area contributed by atoms with E-state index in [0.717, 1.165) is 36.7 Å². The minimum atomic E-state index is -0.511. The Kier molecular flexibility index (Phi) is 4.50. The van der Waals surface area contributed by atoms with Crippen molar-refractivity contribution < 1.29 is 5.11 Å². The van der Waals surface area contributed by atoms with E-state index in [1.165, 1.54) is 6.42 Å². The van der Waals surface area contributed by atoms with Crippen LogP contribution in [0.5, 0.6) is 0 Å². The van der Waals surface area contributed by atoms with E-state index in [-0.39, 0.29) is 6.04 Å². The summed E-state index contributed by atoms with van der Waals surface area (Å²) < 4.78 is 0. The summed E-state index contributed by atoms with van der Waals surface area (Å²) in [5.74, 6) is 0.859. The van der Waals surface area contributed by atoms with Crippen molar-refractivity contribution in [3.8, 4) is 0 Å². The van der Waals surface area contributed by atoms with Gasteiger partial charge in [0.05, 0.1) is 12.1 Å². The first-order valence-electron chi connectivity index (χ1n) is 6.89. The topological polar surface area (TPSA) is 52.5 Å². The lowest BCUT2D eigenvalue weighted by Crippen LogP contribution is -2.32. The van der Waals surface area contributed by atoms with Gasteiger partial charge in [-0.3, -0.25) is 4.90 Å². The van der Waals surface area contributed by atoms with Crippen LogP contribution in [0.3, 0.4) is 0 Å². The fourth-order valence-corrected chi connectivity index (χ4v) is 2.62. The van der Waals surface area contributed by atoms with Crippen LogP contribution in [0.2, 0.25) is 0 Å². The zero-order valence-corrected chi connectivity index (χ0v) is 12.3. The second kappa shape index (κ2) is 5.94. The average molecular weight is 264 g/mol. The highest BCUT2D eigenvalue weighted by atomic mass is 16.3. The van der Waals surface area contributed by atoms with E-state index >= 15 is 0 Å². The zero-order valence-electron chi connectivity index (χ0n) is 12.3. The average Bonchev–Trinajstić information content (AvgIpc) is 2.50. The maximum atomic E-state index is 9.65. The lowest BCUT2D eigenvalue weighted by atomic mass is 10.1. The van der Waals surface area contributed by atoms with Crippen molar-refractivity contribution in [2.24, 2.45) is 0 Å². The second-order valence-corrected chi connectivity index (χ2v) is 5.56. The van der Waals surface area contributed by atoms with Crippen molar-refractivity contribution in [3.63, 3.8) is 0 Å². The number of likely N-dealkylation sites (N-methyl/N-ethyl adjacent to an activating group) is 2. The predicted molar refractivity (Wildman–Crippen MR) is 74.9 cm³/mol. The van der Waals surface area contributed by atoms with Crippen molar-refractivity contribution in [1.82, 2.24) is 19.8 Å². The van der Waals surface area contributed by atoms with Crippen LogP contribution in [-0.2, 0) is 0 Å². The molecule has 1 aliphatic heterocycles. The second-order valence-electron chi connectivity index (χ2n) is 5.56. The van der Waals surface area contributed by atoms with Gasteiger partial charge in [0.25, 0.3) is 0 Å². The van der Waals surface area contributed by atoms with Crippen LogP contribution < -0.4 is 0 Å². The number of aliphatic hydroxyl groups excluding tert-OH is 1. The Hall–Kier alpha value is -1.04. The largest absolute Gasteiger partial charge is 0.389 e. The summed E-state index contributed by atoms with van der Waals surface area (Å²) in [5.41, 5.74) is 1.69. The quantitative estimate of drug-likeness (QED) is 0.868. The maximum absolute atomic E-state index is 9.65. The van der Waals surface area contributed by atoms with E-state index in [9.17, 15) is 5.11 Å². The molecule has 5 nitrogen and oxygen atoms in total. The Morgan fingerprint density at radius 2 is 2.11 bits per heavy atom. The zero-order chi connectivity index (χ0) is 14.0. The van der Waals surface area contributed by atoms with Crippen LogP contribution in [0, 0.1) is 6.92 Å². The predicted octanol–water partition coefficient (Wildman–Crippen LogP) is 1.15. The summed E-state index contributed by atoms with van der Waals surface area (Å²) in [6.45, 7) is 6.82. The molecule has 1 aromatic rings.